The van der Waals surface area contributed by atoms with E-state index in [-0.39, 0.29) is 0 Å². The van der Waals surface area contributed by atoms with Gasteiger partial charge in [-0.1, -0.05) is 32.0 Å². The molecular weight excluding hydrogens is 186 g/mol. The van der Waals surface area contributed by atoms with Crippen LogP contribution in [0.5, 0.6) is 5.88 Å². The Kier molecular flexibility index (Phi) is 4.10. The van der Waals surface area contributed by atoms with Gasteiger partial charge in [0.05, 0.1) is 7.11 Å². The third-order valence-corrected chi connectivity index (χ3v) is 2.15. The van der Waals surface area contributed by atoms with Crippen molar-refractivity contribution >= 4 is 10.8 Å². The fourth-order valence-corrected chi connectivity index (χ4v) is 1.47. The number of aryl methyl sites for hydroxylation is 1. The Morgan fingerprint density at radius 1 is 1.07 bits per heavy atom. The van der Waals surface area contributed by atoms with Gasteiger partial charge in [-0.2, -0.15) is 0 Å². The van der Waals surface area contributed by atoms with E-state index in [0.29, 0.717) is 5.88 Å². The van der Waals surface area contributed by atoms with E-state index in [9.17, 15) is 0 Å². The molecule has 80 valence electrons. The van der Waals surface area contributed by atoms with Crippen LogP contribution >= 0.6 is 0 Å². The number of fused-ring (bicyclic) bond motifs is 1. The Morgan fingerprint density at radius 3 is 2.27 bits per heavy atom. The summed E-state index contributed by atoms with van der Waals surface area (Å²) in [5.41, 5.74) is 1.18. The van der Waals surface area contributed by atoms with Gasteiger partial charge < -0.3 is 4.74 Å². The van der Waals surface area contributed by atoms with E-state index >= 15 is 0 Å². The molecule has 2 nitrogen and oxygen atoms in total. The minimum atomic E-state index is 0.696. The largest absolute Gasteiger partial charge is 0.481 e. The van der Waals surface area contributed by atoms with Crippen LogP contribution in [-0.2, 0) is 0 Å². The number of benzene rings is 1. The Labute approximate surface area is 90.9 Å². The second-order valence-corrected chi connectivity index (χ2v) is 3.00. The van der Waals surface area contributed by atoms with Gasteiger partial charge in [-0.05, 0) is 23.9 Å². The molecule has 0 aliphatic rings. The first-order valence-electron chi connectivity index (χ1n) is 5.21. The van der Waals surface area contributed by atoms with Crippen molar-refractivity contribution in [3.63, 3.8) is 0 Å². The summed E-state index contributed by atoms with van der Waals surface area (Å²) in [5, 5.41) is 2.28. The first kappa shape index (κ1) is 11.5. The van der Waals surface area contributed by atoms with Crippen molar-refractivity contribution in [2.24, 2.45) is 0 Å². The molecule has 1 heterocycles. The van der Waals surface area contributed by atoms with Crippen LogP contribution in [0.3, 0.4) is 0 Å². The van der Waals surface area contributed by atoms with Crippen LogP contribution < -0.4 is 4.74 Å². The van der Waals surface area contributed by atoms with Crippen LogP contribution in [0, 0.1) is 6.92 Å². The predicted molar refractivity (Wildman–Crippen MR) is 64.4 cm³/mol. The van der Waals surface area contributed by atoms with Crippen molar-refractivity contribution in [2.45, 2.75) is 20.8 Å². The second-order valence-electron chi connectivity index (χ2n) is 3.00. The molecule has 0 N–H and O–H groups in total. The molecular formula is C13H17NO. The van der Waals surface area contributed by atoms with Gasteiger partial charge >= 0.3 is 0 Å². The van der Waals surface area contributed by atoms with Gasteiger partial charge in [0, 0.05) is 11.6 Å². The van der Waals surface area contributed by atoms with E-state index < -0.39 is 0 Å². The van der Waals surface area contributed by atoms with E-state index in [4.69, 9.17) is 4.74 Å². The molecule has 0 saturated carbocycles. The molecule has 2 rings (SSSR count). The van der Waals surface area contributed by atoms with Crippen molar-refractivity contribution in [3.05, 3.63) is 36.0 Å². The summed E-state index contributed by atoms with van der Waals surface area (Å²) in [6.07, 6.45) is 1.83. The average Bonchev–Trinajstić information content (AvgIpc) is 2.33. The normalized spacial score (nSPS) is 9.33. The van der Waals surface area contributed by atoms with Crippen molar-refractivity contribution in [3.8, 4) is 5.88 Å². The number of aromatic nitrogens is 1. The standard InChI is InChI=1S/C11H11NO.C2H6/c1-8-7-12-11(13-2)10-6-4-3-5-9(8)10;1-2/h3-7H,1-2H3;1-2H3. The smallest absolute Gasteiger partial charge is 0.221 e. The molecule has 1 aromatic heterocycles. The molecule has 0 aliphatic heterocycles. The maximum atomic E-state index is 5.17. The van der Waals surface area contributed by atoms with Gasteiger partial charge in [-0.25, -0.2) is 4.98 Å². The molecule has 0 amide bonds. The van der Waals surface area contributed by atoms with Crippen molar-refractivity contribution in [1.29, 1.82) is 0 Å². The zero-order chi connectivity index (χ0) is 11.3. The Balaban J connectivity index is 0.000000531. The summed E-state index contributed by atoms with van der Waals surface area (Å²) in [7, 11) is 1.64. The highest BCUT2D eigenvalue weighted by molar-refractivity contribution is 5.89. The van der Waals surface area contributed by atoms with E-state index in [1.165, 1.54) is 10.9 Å². The number of ether oxygens (including phenoxy) is 1. The highest BCUT2D eigenvalue weighted by atomic mass is 16.5. The highest BCUT2D eigenvalue weighted by Crippen LogP contribution is 2.24. The van der Waals surface area contributed by atoms with Crippen LogP contribution in [0.4, 0.5) is 0 Å². The second kappa shape index (κ2) is 5.35. The first-order valence-corrected chi connectivity index (χ1v) is 5.21. The predicted octanol–water partition coefficient (Wildman–Crippen LogP) is 3.58. The molecule has 0 aliphatic carbocycles. The fourth-order valence-electron chi connectivity index (χ4n) is 1.47. The van der Waals surface area contributed by atoms with Gasteiger partial charge in [0.1, 0.15) is 0 Å². The molecule has 0 unspecified atom stereocenters. The van der Waals surface area contributed by atoms with E-state index in [1.807, 2.05) is 38.2 Å². The quantitative estimate of drug-likeness (QED) is 0.706. The summed E-state index contributed by atoms with van der Waals surface area (Å²) in [4.78, 5) is 4.20. The van der Waals surface area contributed by atoms with Gasteiger partial charge in [0.2, 0.25) is 5.88 Å². The molecule has 0 saturated heterocycles. The van der Waals surface area contributed by atoms with E-state index in [2.05, 4.69) is 18.0 Å². The summed E-state index contributed by atoms with van der Waals surface area (Å²) in [5.74, 6) is 0.696. The van der Waals surface area contributed by atoms with Crippen LogP contribution in [-0.4, -0.2) is 12.1 Å². The number of pyridine rings is 1. The van der Waals surface area contributed by atoms with Crippen molar-refractivity contribution < 1.29 is 4.74 Å². The topological polar surface area (TPSA) is 22.1 Å². The molecule has 0 fully saturated rings. The molecule has 0 atom stereocenters. The van der Waals surface area contributed by atoms with Gasteiger partial charge in [-0.15, -0.1) is 0 Å². The Hall–Kier alpha value is -1.57. The number of hydrogen-bond donors (Lipinski definition) is 0. The van der Waals surface area contributed by atoms with E-state index in [0.717, 1.165) is 5.39 Å². The number of hydrogen-bond acceptors (Lipinski definition) is 2. The molecule has 0 bridgehead atoms. The van der Waals surface area contributed by atoms with Crippen LogP contribution in [0.15, 0.2) is 30.5 Å². The minimum Gasteiger partial charge on any atom is -0.481 e. The molecule has 0 radical (unpaired) electrons. The Morgan fingerprint density at radius 2 is 1.67 bits per heavy atom. The zero-order valence-corrected chi connectivity index (χ0v) is 9.74. The number of methoxy groups -OCH3 is 1. The van der Waals surface area contributed by atoms with Crippen LogP contribution in [0.25, 0.3) is 10.8 Å². The summed E-state index contributed by atoms with van der Waals surface area (Å²) < 4.78 is 5.17. The number of nitrogens with zero attached hydrogens (tertiary/aromatic N) is 1. The summed E-state index contributed by atoms with van der Waals surface area (Å²) in [6.45, 7) is 6.05. The molecule has 2 aromatic rings. The molecule has 15 heavy (non-hydrogen) atoms. The minimum absolute atomic E-state index is 0.696. The Bertz CT molecular complexity index is 437. The zero-order valence-electron chi connectivity index (χ0n) is 9.74. The monoisotopic (exact) mass is 203 g/mol. The van der Waals surface area contributed by atoms with Gasteiger partial charge in [0.25, 0.3) is 0 Å². The molecule has 0 spiro atoms. The number of rotatable bonds is 1. The third-order valence-electron chi connectivity index (χ3n) is 2.15. The summed E-state index contributed by atoms with van der Waals surface area (Å²) in [6, 6.07) is 8.11. The fraction of sp³-hybridized carbons (Fsp3) is 0.308. The van der Waals surface area contributed by atoms with Gasteiger partial charge in [-0.3, -0.25) is 0 Å². The lowest BCUT2D eigenvalue weighted by atomic mass is 10.1. The lowest BCUT2D eigenvalue weighted by Gasteiger charge is -2.05. The maximum absolute atomic E-state index is 5.17. The third kappa shape index (κ3) is 2.27. The molecule has 1 aromatic carbocycles. The lowest BCUT2D eigenvalue weighted by Crippen LogP contribution is -1.90. The van der Waals surface area contributed by atoms with Crippen LogP contribution in [0.2, 0.25) is 0 Å². The van der Waals surface area contributed by atoms with E-state index in [1.54, 1.807) is 7.11 Å². The first-order chi connectivity index (χ1) is 7.33. The average molecular weight is 203 g/mol. The summed E-state index contributed by atoms with van der Waals surface area (Å²) >= 11 is 0. The van der Waals surface area contributed by atoms with Gasteiger partial charge in [0.15, 0.2) is 0 Å². The van der Waals surface area contributed by atoms with Crippen LogP contribution in [0.1, 0.15) is 19.4 Å². The highest BCUT2D eigenvalue weighted by Gasteiger charge is 2.02. The molecule has 2 heteroatoms. The van der Waals surface area contributed by atoms with Crippen molar-refractivity contribution in [2.75, 3.05) is 7.11 Å². The van der Waals surface area contributed by atoms with Crippen molar-refractivity contribution in [1.82, 2.24) is 4.98 Å². The SMILES string of the molecule is CC.COc1ncc(C)c2ccccc12. The maximum Gasteiger partial charge on any atom is 0.221 e. The lowest BCUT2D eigenvalue weighted by molar-refractivity contribution is 0.403.